The molecule has 2 heterocycles. The zero-order chi connectivity index (χ0) is 14.2. The predicted octanol–water partition coefficient (Wildman–Crippen LogP) is 1.73. The van der Waals surface area contributed by atoms with E-state index >= 15 is 0 Å². The van der Waals surface area contributed by atoms with E-state index in [1.54, 1.807) is 0 Å². The second-order valence-electron chi connectivity index (χ2n) is 6.11. The number of morpholine rings is 1. The summed E-state index contributed by atoms with van der Waals surface area (Å²) < 4.78 is 5.91. The van der Waals surface area contributed by atoms with E-state index in [1.807, 2.05) is 29.2 Å². The molecule has 4 nitrogen and oxygen atoms in total. The summed E-state index contributed by atoms with van der Waals surface area (Å²) in [6.07, 6.45) is 1.12. The monoisotopic (exact) mass is 274 g/mol. The van der Waals surface area contributed by atoms with Gasteiger partial charge in [-0.1, -0.05) is 17.7 Å². The number of amides is 1. The molecule has 0 aromatic heterocycles. The fourth-order valence-corrected chi connectivity index (χ4v) is 3.14. The van der Waals surface area contributed by atoms with E-state index in [4.69, 9.17) is 4.74 Å². The van der Waals surface area contributed by atoms with E-state index in [1.165, 1.54) is 5.56 Å². The van der Waals surface area contributed by atoms with Gasteiger partial charge in [-0.25, -0.2) is 0 Å². The van der Waals surface area contributed by atoms with Gasteiger partial charge in [-0.05, 0) is 38.9 Å². The van der Waals surface area contributed by atoms with Gasteiger partial charge < -0.3 is 15.0 Å². The van der Waals surface area contributed by atoms with Crippen LogP contribution in [0.2, 0.25) is 0 Å². The number of nitrogens with one attached hydrogen (secondary N) is 1. The van der Waals surface area contributed by atoms with E-state index in [0.717, 1.165) is 25.2 Å². The van der Waals surface area contributed by atoms with Crippen molar-refractivity contribution in [3.63, 3.8) is 0 Å². The maximum absolute atomic E-state index is 12.2. The lowest BCUT2D eigenvalue weighted by Crippen LogP contribution is -2.57. The second-order valence-corrected chi connectivity index (χ2v) is 6.11. The zero-order valence-corrected chi connectivity index (χ0v) is 12.2. The number of ether oxygens (including phenoxy) is 1. The molecular weight excluding hydrogens is 252 g/mol. The fraction of sp³-hybridized carbons (Fsp3) is 0.562. The molecule has 2 unspecified atom stereocenters. The molecule has 20 heavy (non-hydrogen) atoms. The predicted molar refractivity (Wildman–Crippen MR) is 78.9 cm³/mol. The average Bonchev–Trinajstić information content (AvgIpc) is 2.98. The number of rotatable bonds is 2. The van der Waals surface area contributed by atoms with Gasteiger partial charge >= 0.3 is 0 Å². The first kappa shape index (κ1) is 13.6. The lowest BCUT2D eigenvalue weighted by atomic mass is 9.86. The van der Waals surface area contributed by atoms with Gasteiger partial charge in [-0.2, -0.15) is 0 Å². The van der Waals surface area contributed by atoms with Crippen LogP contribution in [0, 0.1) is 12.8 Å². The Bertz CT molecular complexity index is 494. The fourth-order valence-electron chi connectivity index (χ4n) is 3.14. The Morgan fingerprint density at radius 2 is 2.10 bits per heavy atom. The summed E-state index contributed by atoms with van der Waals surface area (Å²) >= 11 is 0. The van der Waals surface area contributed by atoms with Crippen LogP contribution in [0.4, 0.5) is 5.69 Å². The molecule has 2 atom stereocenters. The highest BCUT2D eigenvalue weighted by molar-refractivity contribution is 5.95. The lowest BCUT2D eigenvalue weighted by molar-refractivity contribution is -0.142. The Kier molecular flexibility index (Phi) is 3.52. The van der Waals surface area contributed by atoms with E-state index in [-0.39, 0.29) is 18.1 Å². The van der Waals surface area contributed by atoms with Gasteiger partial charge in [0.25, 0.3) is 5.91 Å². The van der Waals surface area contributed by atoms with E-state index < -0.39 is 0 Å². The van der Waals surface area contributed by atoms with Gasteiger partial charge in [0.1, 0.15) is 6.61 Å². The van der Waals surface area contributed by atoms with Crippen molar-refractivity contribution in [3.05, 3.63) is 29.8 Å². The highest BCUT2D eigenvalue weighted by Gasteiger charge is 2.43. The highest BCUT2D eigenvalue weighted by atomic mass is 16.5. The molecule has 2 fully saturated rings. The Balaban J connectivity index is 1.82. The summed E-state index contributed by atoms with van der Waals surface area (Å²) in [6, 6.07) is 8.14. The van der Waals surface area contributed by atoms with Crippen LogP contribution in [0.5, 0.6) is 0 Å². The van der Waals surface area contributed by atoms with Gasteiger partial charge in [0.15, 0.2) is 0 Å². The van der Waals surface area contributed by atoms with Crippen molar-refractivity contribution in [1.29, 1.82) is 0 Å². The molecule has 3 rings (SSSR count). The molecule has 108 valence electrons. The third-order valence-electron chi connectivity index (χ3n) is 4.57. The van der Waals surface area contributed by atoms with Gasteiger partial charge in [0.05, 0.1) is 12.1 Å². The SMILES string of the molecule is Cc1ccc(N2CC(C)(C3CCNC3)OCC2=O)cc1. The molecule has 0 radical (unpaired) electrons. The minimum Gasteiger partial charge on any atom is -0.363 e. The third-order valence-corrected chi connectivity index (χ3v) is 4.57. The van der Waals surface area contributed by atoms with Crippen molar-refractivity contribution in [1.82, 2.24) is 5.32 Å². The smallest absolute Gasteiger partial charge is 0.253 e. The maximum Gasteiger partial charge on any atom is 0.253 e. The van der Waals surface area contributed by atoms with Crippen LogP contribution >= 0.6 is 0 Å². The van der Waals surface area contributed by atoms with Crippen molar-refractivity contribution in [3.8, 4) is 0 Å². The molecule has 1 aromatic rings. The van der Waals surface area contributed by atoms with Crippen LogP contribution in [0.1, 0.15) is 18.9 Å². The molecule has 2 aliphatic heterocycles. The Morgan fingerprint density at radius 3 is 2.75 bits per heavy atom. The lowest BCUT2D eigenvalue weighted by Gasteiger charge is -2.43. The molecule has 1 N–H and O–H groups in total. The topological polar surface area (TPSA) is 41.6 Å². The second kappa shape index (κ2) is 5.19. The molecule has 2 aliphatic rings. The molecule has 0 aliphatic carbocycles. The summed E-state index contributed by atoms with van der Waals surface area (Å²) in [4.78, 5) is 14.0. The molecule has 0 saturated carbocycles. The number of anilines is 1. The largest absolute Gasteiger partial charge is 0.363 e. The first-order valence-corrected chi connectivity index (χ1v) is 7.30. The number of hydrogen-bond donors (Lipinski definition) is 1. The average molecular weight is 274 g/mol. The normalized spacial score (nSPS) is 30.8. The third kappa shape index (κ3) is 2.45. The molecule has 1 amide bonds. The number of hydrogen-bond acceptors (Lipinski definition) is 3. The molecule has 1 aromatic carbocycles. The standard InChI is InChI=1S/C16H22N2O2/c1-12-3-5-14(6-4-12)18-11-16(2,20-10-15(18)19)13-7-8-17-9-13/h3-6,13,17H,7-11H2,1-2H3. The van der Waals surface area contributed by atoms with Gasteiger partial charge in [-0.3, -0.25) is 4.79 Å². The minimum atomic E-state index is -0.248. The zero-order valence-electron chi connectivity index (χ0n) is 12.2. The highest BCUT2D eigenvalue weighted by Crippen LogP contribution is 2.33. The molecule has 4 heteroatoms. The number of nitrogens with zero attached hydrogens (tertiary/aromatic N) is 1. The molecular formula is C16H22N2O2. The minimum absolute atomic E-state index is 0.0530. The molecule has 0 bridgehead atoms. The number of aryl methyl sites for hydroxylation is 1. The number of benzene rings is 1. The van der Waals surface area contributed by atoms with E-state index in [9.17, 15) is 4.79 Å². The van der Waals surface area contributed by atoms with Crippen LogP contribution in [-0.2, 0) is 9.53 Å². The first-order valence-electron chi connectivity index (χ1n) is 7.30. The van der Waals surface area contributed by atoms with Crippen molar-refractivity contribution in [2.45, 2.75) is 25.9 Å². The van der Waals surface area contributed by atoms with Crippen molar-refractivity contribution >= 4 is 11.6 Å². The van der Waals surface area contributed by atoms with E-state index in [2.05, 4.69) is 19.2 Å². The van der Waals surface area contributed by atoms with Crippen LogP contribution in [-0.4, -0.2) is 37.7 Å². The summed E-state index contributed by atoms with van der Waals surface area (Å²) in [5, 5.41) is 3.38. The van der Waals surface area contributed by atoms with Crippen molar-refractivity contribution in [2.75, 3.05) is 31.1 Å². The number of carbonyl (C=O) groups is 1. The first-order chi connectivity index (χ1) is 9.58. The summed E-state index contributed by atoms with van der Waals surface area (Å²) in [6.45, 7) is 7.04. The van der Waals surface area contributed by atoms with Crippen molar-refractivity contribution < 1.29 is 9.53 Å². The quantitative estimate of drug-likeness (QED) is 0.893. The van der Waals surface area contributed by atoms with Crippen LogP contribution in [0.25, 0.3) is 0 Å². The van der Waals surface area contributed by atoms with Crippen molar-refractivity contribution in [2.24, 2.45) is 5.92 Å². The summed E-state index contributed by atoms with van der Waals surface area (Å²) in [5.74, 6) is 0.529. The summed E-state index contributed by atoms with van der Waals surface area (Å²) in [7, 11) is 0. The van der Waals surface area contributed by atoms with Gasteiger partial charge in [-0.15, -0.1) is 0 Å². The van der Waals surface area contributed by atoms with Crippen LogP contribution in [0.3, 0.4) is 0 Å². The van der Waals surface area contributed by atoms with E-state index in [0.29, 0.717) is 12.5 Å². The van der Waals surface area contributed by atoms with Gasteiger partial charge in [0, 0.05) is 18.2 Å². The molecule has 2 saturated heterocycles. The van der Waals surface area contributed by atoms with Crippen LogP contribution < -0.4 is 10.2 Å². The summed E-state index contributed by atoms with van der Waals surface area (Å²) in [5.41, 5.74) is 1.93. The maximum atomic E-state index is 12.2. The Morgan fingerprint density at radius 1 is 1.35 bits per heavy atom. The number of carbonyl (C=O) groups excluding carboxylic acids is 1. The molecule has 0 spiro atoms. The van der Waals surface area contributed by atoms with Gasteiger partial charge in [0.2, 0.25) is 0 Å². The Labute approximate surface area is 120 Å². The van der Waals surface area contributed by atoms with Crippen LogP contribution in [0.15, 0.2) is 24.3 Å². The Hall–Kier alpha value is -1.39.